The number of para-hydroxylation sites is 1. The number of nitrogens with zero attached hydrogens (tertiary/aromatic N) is 2. The molecule has 1 N–H and O–H groups in total. The van der Waals surface area contributed by atoms with Crippen LogP contribution in [0.2, 0.25) is 5.02 Å². The van der Waals surface area contributed by atoms with Gasteiger partial charge in [0.15, 0.2) is 0 Å². The summed E-state index contributed by atoms with van der Waals surface area (Å²) in [6.07, 6.45) is 4.11. The van der Waals surface area contributed by atoms with Gasteiger partial charge in [-0.25, -0.2) is 8.42 Å². The van der Waals surface area contributed by atoms with E-state index in [0.717, 1.165) is 41.1 Å². The minimum Gasteiger partial charge on any atom is -0.494 e. The van der Waals surface area contributed by atoms with Crippen LogP contribution in [0.4, 0.5) is 5.69 Å². The van der Waals surface area contributed by atoms with Crippen molar-refractivity contribution in [1.82, 2.24) is 10.2 Å². The number of halogens is 1. The Morgan fingerprint density at radius 3 is 2.09 bits per heavy atom. The Labute approximate surface area is 282 Å². The molecule has 246 valence electrons. The van der Waals surface area contributed by atoms with Crippen LogP contribution in [-0.2, 0) is 32.6 Å². The summed E-state index contributed by atoms with van der Waals surface area (Å²) in [7, 11) is -4.20. The Morgan fingerprint density at radius 2 is 1.47 bits per heavy atom. The molecule has 0 saturated heterocycles. The van der Waals surface area contributed by atoms with Gasteiger partial charge in [-0.05, 0) is 79.4 Å². The molecule has 1 fully saturated rings. The molecule has 2 amide bonds. The minimum atomic E-state index is -4.20. The van der Waals surface area contributed by atoms with E-state index in [-0.39, 0.29) is 29.8 Å². The second-order valence-electron chi connectivity index (χ2n) is 11.6. The van der Waals surface area contributed by atoms with E-state index in [1.807, 2.05) is 49.4 Å². The number of ether oxygens (including phenoxy) is 1. The average Bonchev–Trinajstić information content (AvgIpc) is 3.60. The topological polar surface area (TPSA) is 96.0 Å². The number of nitrogens with one attached hydrogen (secondary N) is 1. The van der Waals surface area contributed by atoms with Crippen LogP contribution in [0.5, 0.6) is 5.75 Å². The first kappa shape index (κ1) is 34.0. The molecule has 1 aliphatic carbocycles. The largest absolute Gasteiger partial charge is 0.494 e. The highest BCUT2D eigenvalue weighted by atomic mass is 35.5. The van der Waals surface area contributed by atoms with Gasteiger partial charge in [-0.2, -0.15) is 0 Å². The zero-order valence-corrected chi connectivity index (χ0v) is 28.0. The van der Waals surface area contributed by atoms with Gasteiger partial charge >= 0.3 is 0 Å². The fraction of sp³-hybridized carbons (Fsp3) is 0.297. The molecule has 8 nitrogen and oxygen atoms in total. The van der Waals surface area contributed by atoms with E-state index < -0.39 is 28.5 Å². The number of hydrogen-bond donors (Lipinski definition) is 1. The van der Waals surface area contributed by atoms with Gasteiger partial charge in [-0.1, -0.05) is 85.1 Å². The second-order valence-corrected chi connectivity index (χ2v) is 13.9. The standard InChI is InChI=1S/C37H40ClN3O5S/c1-2-46-33-21-23-34(24-22-33)47(44,45)41(32-15-7-4-8-16-32)27-36(42)40(26-29-17-19-30(38)20-18-29)35(25-28-11-5-3-6-12-28)37(43)39-31-13-9-10-14-31/h3-8,11-12,15-24,31,35H,2,9-10,13-14,25-27H2,1H3,(H,39,43)/t35-/m0/s1. The Balaban J connectivity index is 1.53. The summed E-state index contributed by atoms with van der Waals surface area (Å²) < 4.78 is 35.0. The van der Waals surface area contributed by atoms with E-state index in [4.69, 9.17) is 16.3 Å². The maximum Gasteiger partial charge on any atom is 0.264 e. The number of anilines is 1. The van der Waals surface area contributed by atoms with Crippen molar-refractivity contribution in [3.05, 3.63) is 125 Å². The van der Waals surface area contributed by atoms with Gasteiger partial charge in [0.25, 0.3) is 10.0 Å². The number of carbonyl (C=O) groups excluding carboxylic acids is 2. The van der Waals surface area contributed by atoms with Crippen LogP contribution in [-0.4, -0.2) is 50.4 Å². The Kier molecular flexibility index (Phi) is 11.6. The second kappa shape index (κ2) is 16.0. The molecule has 0 radical (unpaired) electrons. The van der Waals surface area contributed by atoms with Crippen molar-refractivity contribution in [3.63, 3.8) is 0 Å². The lowest BCUT2D eigenvalue weighted by Gasteiger charge is -2.34. The lowest BCUT2D eigenvalue weighted by atomic mass is 10.0. The van der Waals surface area contributed by atoms with E-state index in [1.54, 1.807) is 54.6 Å². The Morgan fingerprint density at radius 1 is 0.851 bits per heavy atom. The van der Waals surface area contributed by atoms with Crippen LogP contribution in [0, 0.1) is 0 Å². The third kappa shape index (κ3) is 8.93. The molecule has 0 bridgehead atoms. The van der Waals surface area contributed by atoms with Crippen molar-refractivity contribution in [3.8, 4) is 5.75 Å². The van der Waals surface area contributed by atoms with Crippen molar-refractivity contribution in [1.29, 1.82) is 0 Å². The average molecular weight is 674 g/mol. The Bertz CT molecular complexity index is 1710. The molecule has 10 heteroatoms. The lowest BCUT2D eigenvalue weighted by Crippen LogP contribution is -2.54. The smallest absolute Gasteiger partial charge is 0.264 e. The van der Waals surface area contributed by atoms with E-state index in [1.165, 1.54) is 17.0 Å². The van der Waals surface area contributed by atoms with Crippen LogP contribution in [0.1, 0.15) is 43.7 Å². The Hall–Kier alpha value is -4.34. The van der Waals surface area contributed by atoms with Crippen molar-refractivity contribution in [2.45, 2.75) is 62.6 Å². The molecule has 0 spiro atoms. The molecular weight excluding hydrogens is 634 g/mol. The predicted molar refractivity (Wildman–Crippen MR) is 185 cm³/mol. The van der Waals surface area contributed by atoms with Crippen LogP contribution in [0.3, 0.4) is 0 Å². The maximum absolute atomic E-state index is 14.6. The lowest BCUT2D eigenvalue weighted by molar-refractivity contribution is -0.140. The summed E-state index contributed by atoms with van der Waals surface area (Å²) in [5.74, 6) is -0.232. The number of sulfonamides is 1. The summed E-state index contributed by atoms with van der Waals surface area (Å²) in [6, 6.07) is 30.4. The first-order valence-corrected chi connectivity index (χ1v) is 17.7. The zero-order valence-electron chi connectivity index (χ0n) is 26.4. The predicted octanol–water partition coefficient (Wildman–Crippen LogP) is 6.63. The number of hydrogen-bond acceptors (Lipinski definition) is 5. The van der Waals surface area contributed by atoms with Gasteiger partial charge in [-0.15, -0.1) is 0 Å². The molecule has 1 aliphatic rings. The molecule has 1 atom stereocenters. The summed E-state index contributed by atoms with van der Waals surface area (Å²) in [6.45, 7) is 1.85. The molecule has 0 aromatic heterocycles. The van der Waals surface area contributed by atoms with E-state index in [2.05, 4.69) is 5.32 Å². The van der Waals surface area contributed by atoms with Crippen LogP contribution in [0.15, 0.2) is 114 Å². The number of rotatable bonds is 14. The van der Waals surface area contributed by atoms with Gasteiger partial charge in [0.2, 0.25) is 11.8 Å². The summed E-state index contributed by atoms with van der Waals surface area (Å²) in [5.41, 5.74) is 1.97. The molecule has 1 saturated carbocycles. The molecule has 47 heavy (non-hydrogen) atoms. The van der Waals surface area contributed by atoms with Crippen molar-refractivity contribution in [2.24, 2.45) is 0 Å². The number of carbonyl (C=O) groups is 2. The van der Waals surface area contributed by atoms with Gasteiger partial charge in [0.1, 0.15) is 18.3 Å². The highest BCUT2D eigenvalue weighted by Gasteiger charge is 2.35. The maximum atomic E-state index is 14.6. The van der Waals surface area contributed by atoms with E-state index >= 15 is 0 Å². The van der Waals surface area contributed by atoms with Crippen molar-refractivity contribution in [2.75, 3.05) is 17.5 Å². The van der Waals surface area contributed by atoms with Crippen LogP contribution in [0.25, 0.3) is 0 Å². The van der Waals surface area contributed by atoms with E-state index in [9.17, 15) is 18.0 Å². The first-order valence-electron chi connectivity index (χ1n) is 15.9. The number of benzene rings is 4. The van der Waals surface area contributed by atoms with Crippen LogP contribution >= 0.6 is 11.6 Å². The highest BCUT2D eigenvalue weighted by Crippen LogP contribution is 2.27. The molecular formula is C37H40ClN3O5S. The molecule has 5 rings (SSSR count). The van der Waals surface area contributed by atoms with E-state index in [0.29, 0.717) is 23.1 Å². The fourth-order valence-corrected chi connectivity index (χ4v) is 7.37. The van der Waals surface area contributed by atoms with Gasteiger partial charge in [0.05, 0.1) is 17.2 Å². The van der Waals surface area contributed by atoms with Crippen molar-refractivity contribution >= 4 is 39.1 Å². The minimum absolute atomic E-state index is 0.0154. The van der Waals surface area contributed by atoms with Gasteiger partial charge < -0.3 is 15.0 Å². The summed E-state index contributed by atoms with van der Waals surface area (Å²) >= 11 is 6.17. The third-order valence-electron chi connectivity index (χ3n) is 8.28. The highest BCUT2D eigenvalue weighted by molar-refractivity contribution is 7.92. The van der Waals surface area contributed by atoms with Crippen molar-refractivity contribution < 1.29 is 22.7 Å². The van der Waals surface area contributed by atoms with Gasteiger partial charge in [-0.3, -0.25) is 13.9 Å². The summed E-state index contributed by atoms with van der Waals surface area (Å²) in [5, 5.41) is 3.73. The third-order valence-corrected chi connectivity index (χ3v) is 10.3. The fourth-order valence-electron chi connectivity index (χ4n) is 5.83. The first-order chi connectivity index (χ1) is 22.7. The molecule has 0 heterocycles. The SMILES string of the molecule is CCOc1ccc(S(=O)(=O)N(CC(=O)N(Cc2ccc(Cl)cc2)[C@@H](Cc2ccccc2)C(=O)NC2CCCC2)c2ccccc2)cc1. The molecule has 0 aliphatic heterocycles. The normalized spacial score (nSPS) is 13.9. The molecule has 4 aromatic rings. The van der Waals surface area contributed by atoms with Crippen LogP contribution < -0.4 is 14.4 Å². The molecule has 0 unspecified atom stereocenters. The molecule has 4 aromatic carbocycles. The number of amides is 2. The monoisotopic (exact) mass is 673 g/mol. The quantitative estimate of drug-likeness (QED) is 0.162. The summed E-state index contributed by atoms with van der Waals surface area (Å²) in [4.78, 5) is 30.2. The zero-order chi connectivity index (χ0) is 33.2. The van der Waals surface area contributed by atoms with Gasteiger partial charge in [0, 0.05) is 24.0 Å².